The molecule has 2 aromatic rings. The molecule has 0 amide bonds. The first-order valence-electron chi connectivity index (χ1n) is 6.44. The highest BCUT2D eigenvalue weighted by molar-refractivity contribution is 5.81. The van der Waals surface area contributed by atoms with Crippen LogP contribution in [-0.2, 0) is 6.61 Å². The van der Waals surface area contributed by atoms with Crippen molar-refractivity contribution in [3.63, 3.8) is 0 Å². The van der Waals surface area contributed by atoms with Crippen molar-refractivity contribution in [1.82, 2.24) is 0 Å². The Hall–Kier alpha value is -3.03. The minimum atomic E-state index is -1.53. The van der Waals surface area contributed by atoms with Crippen LogP contribution >= 0.6 is 0 Å². The van der Waals surface area contributed by atoms with E-state index < -0.39 is 17.5 Å². The SMILES string of the molecule is NC(N)=NN=Cc1cccc(COc2cc(F)c(F)c(F)c2)c1. The average molecular weight is 322 g/mol. The summed E-state index contributed by atoms with van der Waals surface area (Å²) in [6.07, 6.45) is 1.43. The second kappa shape index (κ2) is 7.30. The third-order valence-corrected chi connectivity index (χ3v) is 2.69. The molecule has 2 rings (SSSR count). The molecular weight excluding hydrogens is 309 g/mol. The predicted octanol–water partition coefficient (Wildman–Crippen LogP) is 2.29. The summed E-state index contributed by atoms with van der Waals surface area (Å²) in [6, 6.07) is 8.52. The molecule has 0 fully saturated rings. The Morgan fingerprint density at radius 3 is 2.43 bits per heavy atom. The summed E-state index contributed by atoms with van der Waals surface area (Å²) in [6.45, 7) is 0.0362. The number of nitrogens with zero attached hydrogens (tertiary/aromatic N) is 2. The first-order chi connectivity index (χ1) is 11.0. The Labute approximate surface area is 130 Å². The summed E-state index contributed by atoms with van der Waals surface area (Å²) in [7, 11) is 0. The second-order valence-electron chi connectivity index (χ2n) is 4.50. The van der Waals surface area contributed by atoms with Crippen molar-refractivity contribution in [2.75, 3.05) is 0 Å². The molecule has 0 radical (unpaired) electrons. The maximum Gasteiger partial charge on any atom is 0.211 e. The van der Waals surface area contributed by atoms with Crippen molar-refractivity contribution in [3.8, 4) is 5.75 Å². The molecule has 5 nitrogen and oxygen atoms in total. The zero-order valence-electron chi connectivity index (χ0n) is 11.8. The van der Waals surface area contributed by atoms with Crippen molar-refractivity contribution in [2.45, 2.75) is 6.61 Å². The number of guanidine groups is 1. The summed E-state index contributed by atoms with van der Waals surface area (Å²) in [5, 5.41) is 7.13. The van der Waals surface area contributed by atoms with Gasteiger partial charge in [0.25, 0.3) is 0 Å². The Morgan fingerprint density at radius 2 is 1.78 bits per heavy atom. The van der Waals surface area contributed by atoms with Crippen molar-refractivity contribution in [1.29, 1.82) is 0 Å². The minimum Gasteiger partial charge on any atom is -0.489 e. The standard InChI is InChI=1S/C15H13F3N4O/c16-12-5-11(6-13(17)14(12)18)23-8-10-3-1-2-9(4-10)7-21-22-15(19)20/h1-7H,8H2,(H4,19,20,22). The number of halogens is 3. The molecule has 0 saturated carbocycles. The molecule has 0 spiro atoms. The van der Waals surface area contributed by atoms with Crippen LogP contribution < -0.4 is 16.2 Å². The molecule has 0 atom stereocenters. The van der Waals surface area contributed by atoms with Gasteiger partial charge in [-0.2, -0.15) is 5.10 Å². The van der Waals surface area contributed by atoms with E-state index in [4.69, 9.17) is 16.2 Å². The van der Waals surface area contributed by atoms with Gasteiger partial charge in [0.05, 0.1) is 6.21 Å². The molecule has 0 aromatic heterocycles. The number of nitrogens with two attached hydrogens (primary N) is 2. The first-order valence-corrected chi connectivity index (χ1v) is 6.44. The third kappa shape index (κ3) is 4.73. The first kappa shape index (κ1) is 16.3. The fourth-order valence-corrected chi connectivity index (χ4v) is 1.71. The molecule has 0 saturated heterocycles. The van der Waals surface area contributed by atoms with E-state index in [0.29, 0.717) is 11.1 Å². The monoisotopic (exact) mass is 322 g/mol. The zero-order chi connectivity index (χ0) is 16.8. The van der Waals surface area contributed by atoms with Gasteiger partial charge in [0.2, 0.25) is 5.96 Å². The molecule has 0 aliphatic heterocycles. The number of rotatable bonds is 5. The fourth-order valence-electron chi connectivity index (χ4n) is 1.71. The molecule has 0 bridgehead atoms. The van der Waals surface area contributed by atoms with Gasteiger partial charge in [-0.15, -0.1) is 5.10 Å². The molecule has 8 heteroatoms. The molecule has 120 valence electrons. The van der Waals surface area contributed by atoms with E-state index in [0.717, 1.165) is 12.1 Å². The van der Waals surface area contributed by atoms with Gasteiger partial charge in [-0.05, 0) is 17.2 Å². The van der Waals surface area contributed by atoms with Crippen LogP contribution in [-0.4, -0.2) is 12.2 Å². The van der Waals surface area contributed by atoms with Crippen molar-refractivity contribution in [2.24, 2.45) is 21.7 Å². The van der Waals surface area contributed by atoms with Crippen molar-refractivity contribution in [3.05, 3.63) is 65.0 Å². The number of hydrogen-bond acceptors (Lipinski definition) is 3. The van der Waals surface area contributed by atoms with Gasteiger partial charge in [-0.25, -0.2) is 13.2 Å². The van der Waals surface area contributed by atoms with Gasteiger partial charge in [0.15, 0.2) is 17.5 Å². The van der Waals surface area contributed by atoms with Crippen LogP contribution in [0, 0.1) is 17.5 Å². The Bertz CT molecular complexity index is 735. The molecule has 2 aromatic carbocycles. The fraction of sp³-hybridized carbons (Fsp3) is 0.0667. The van der Waals surface area contributed by atoms with Crippen LogP contribution in [0.25, 0.3) is 0 Å². The van der Waals surface area contributed by atoms with Crippen LogP contribution in [0.3, 0.4) is 0 Å². The molecular formula is C15H13F3N4O. The van der Waals surface area contributed by atoms with Crippen LogP contribution in [0.5, 0.6) is 5.75 Å². The highest BCUT2D eigenvalue weighted by Crippen LogP contribution is 2.20. The van der Waals surface area contributed by atoms with E-state index in [2.05, 4.69) is 10.2 Å². The van der Waals surface area contributed by atoms with E-state index >= 15 is 0 Å². The van der Waals surface area contributed by atoms with E-state index in [-0.39, 0.29) is 18.3 Å². The van der Waals surface area contributed by atoms with Gasteiger partial charge in [0, 0.05) is 12.1 Å². The third-order valence-electron chi connectivity index (χ3n) is 2.69. The molecule has 0 heterocycles. The normalized spacial score (nSPS) is 10.7. The van der Waals surface area contributed by atoms with Crippen LogP contribution in [0.15, 0.2) is 46.6 Å². The smallest absolute Gasteiger partial charge is 0.211 e. The molecule has 23 heavy (non-hydrogen) atoms. The van der Waals surface area contributed by atoms with Crippen molar-refractivity contribution < 1.29 is 17.9 Å². The topological polar surface area (TPSA) is 86.0 Å². The molecule has 0 aliphatic rings. The maximum absolute atomic E-state index is 13.1. The lowest BCUT2D eigenvalue weighted by atomic mass is 10.1. The summed E-state index contributed by atoms with van der Waals surface area (Å²) >= 11 is 0. The van der Waals surface area contributed by atoms with Gasteiger partial charge in [-0.1, -0.05) is 18.2 Å². The maximum atomic E-state index is 13.1. The Kier molecular flexibility index (Phi) is 5.19. The molecule has 4 N–H and O–H groups in total. The van der Waals surface area contributed by atoms with E-state index in [1.807, 2.05) is 0 Å². The summed E-state index contributed by atoms with van der Waals surface area (Å²) < 4.78 is 44.3. The van der Waals surface area contributed by atoms with Crippen LogP contribution in [0.4, 0.5) is 13.2 Å². The minimum absolute atomic E-state index is 0.0362. The predicted molar refractivity (Wildman–Crippen MR) is 80.5 cm³/mol. The van der Waals surface area contributed by atoms with Gasteiger partial charge in [-0.3, -0.25) is 0 Å². The average Bonchev–Trinajstić information content (AvgIpc) is 2.50. The summed E-state index contributed by atoms with van der Waals surface area (Å²) in [5.74, 6) is -4.42. The zero-order valence-corrected chi connectivity index (χ0v) is 11.8. The van der Waals surface area contributed by atoms with E-state index in [9.17, 15) is 13.2 Å². The van der Waals surface area contributed by atoms with Crippen LogP contribution in [0.1, 0.15) is 11.1 Å². The van der Waals surface area contributed by atoms with Gasteiger partial charge in [0.1, 0.15) is 12.4 Å². The van der Waals surface area contributed by atoms with Crippen molar-refractivity contribution >= 4 is 12.2 Å². The lowest BCUT2D eigenvalue weighted by Gasteiger charge is -2.07. The summed E-state index contributed by atoms with van der Waals surface area (Å²) in [5.41, 5.74) is 11.7. The lowest BCUT2D eigenvalue weighted by molar-refractivity contribution is 0.299. The molecule has 0 unspecified atom stereocenters. The second-order valence-corrected chi connectivity index (χ2v) is 4.50. The quantitative estimate of drug-likeness (QED) is 0.383. The Morgan fingerprint density at radius 1 is 1.09 bits per heavy atom. The number of hydrogen-bond donors (Lipinski definition) is 2. The number of ether oxygens (including phenoxy) is 1. The van der Waals surface area contributed by atoms with E-state index in [1.165, 1.54) is 6.21 Å². The summed E-state index contributed by atoms with van der Waals surface area (Å²) in [4.78, 5) is 0. The lowest BCUT2D eigenvalue weighted by Crippen LogP contribution is -2.21. The van der Waals surface area contributed by atoms with Gasteiger partial charge < -0.3 is 16.2 Å². The molecule has 0 aliphatic carbocycles. The Balaban J connectivity index is 2.06. The largest absolute Gasteiger partial charge is 0.489 e. The van der Waals surface area contributed by atoms with E-state index in [1.54, 1.807) is 24.3 Å². The number of benzene rings is 2. The highest BCUT2D eigenvalue weighted by atomic mass is 19.2. The van der Waals surface area contributed by atoms with Crippen LogP contribution in [0.2, 0.25) is 0 Å². The van der Waals surface area contributed by atoms with Gasteiger partial charge >= 0.3 is 0 Å². The highest BCUT2D eigenvalue weighted by Gasteiger charge is 2.11.